The van der Waals surface area contributed by atoms with Gasteiger partial charge in [0.1, 0.15) is 0 Å². The van der Waals surface area contributed by atoms with Crippen molar-refractivity contribution in [2.75, 3.05) is 39.1 Å². The van der Waals surface area contributed by atoms with E-state index in [-0.39, 0.29) is 0 Å². The Morgan fingerprint density at radius 2 is 0.824 bits per heavy atom. The van der Waals surface area contributed by atoms with Crippen LogP contribution in [0.25, 0.3) is 0 Å². The normalized spacial score (nSPS) is 13.8. The first-order valence-corrected chi connectivity index (χ1v) is 13.8. The smallest absolute Gasteiger partial charge is 0.356 e. The van der Waals surface area contributed by atoms with Crippen LogP contribution in [0.2, 0.25) is 0 Å². The SMILES string of the molecule is COP(=O)(OC)C(Nc1ccccc1NC(c1ccccc1)P(=O)(OC)OC)c1ccccc1. The number of anilines is 2. The van der Waals surface area contributed by atoms with E-state index in [9.17, 15) is 9.13 Å². The van der Waals surface area contributed by atoms with Gasteiger partial charge in [-0.2, -0.15) is 0 Å². The maximum absolute atomic E-state index is 13.5. The van der Waals surface area contributed by atoms with Crippen molar-refractivity contribution in [3.8, 4) is 0 Å². The number of benzene rings is 3. The van der Waals surface area contributed by atoms with E-state index in [1.807, 2.05) is 84.9 Å². The molecule has 0 saturated carbocycles. The molecule has 0 aromatic heterocycles. The minimum absolute atomic E-state index is 0.602. The molecular formula is C24H30N2O6P2. The first-order chi connectivity index (χ1) is 16.4. The van der Waals surface area contributed by atoms with Crippen LogP contribution >= 0.6 is 15.2 Å². The van der Waals surface area contributed by atoms with Crippen LogP contribution < -0.4 is 10.6 Å². The van der Waals surface area contributed by atoms with Gasteiger partial charge >= 0.3 is 15.2 Å². The average Bonchev–Trinajstić information content (AvgIpc) is 2.91. The van der Waals surface area contributed by atoms with Gasteiger partial charge in [0.2, 0.25) is 0 Å². The largest absolute Gasteiger partial charge is 0.366 e. The highest BCUT2D eigenvalue weighted by molar-refractivity contribution is 7.54. The third-order valence-corrected chi connectivity index (χ3v) is 9.55. The molecule has 8 nitrogen and oxygen atoms in total. The van der Waals surface area contributed by atoms with Crippen LogP contribution in [0, 0.1) is 0 Å². The molecule has 10 heteroatoms. The van der Waals surface area contributed by atoms with Crippen LogP contribution in [0.4, 0.5) is 11.4 Å². The molecule has 0 fully saturated rings. The molecule has 0 radical (unpaired) electrons. The summed E-state index contributed by atoms with van der Waals surface area (Å²) in [6.07, 6.45) is 0. The molecule has 0 bridgehead atoms. The Balaban J connectivity index is 2.04. The van der Waals surface area contributed by atoms with Crippen molar-refractivity contribution in [2.45, 2.75) is 11.6 Å². The Hall–Kier alpha value is -2.44. The molecule has 0 saturated heterocycles. The summed E-state index contributed by atoms with van der Waals surface area (Å²) < 4.78 is 48.2. The topological polar surface area (TPSA) is 95.1 Å². The molecule has 2 N–H and O–H groups in total. The summed E-state index contributed by atoms with van der Waals surface area (Å²) in [7, 11) is -1.75. The van der Waals surface area contributed by atoms with E-state index in [2.05, 4.69) is 10.6 Å². The van der Waals surface area contributed by atoms with Crippen LogP contribution in [-0.2, 0) is 27.2 Å². The number of rotatable bonds is 12. The molecule has 34 heavy (non-hydrogen) atoms. The molecule has 182 valence electrons. The first kappa shape index (κ1) is 26.2. The molecule has 0 amide bonds. The molecule has 0 aliphatic carbocycles. The minimum Gasteiger partial charge on any atom is -0.366 e. The fourth-order valence-corrected chi connectivity index (χ4v) is 6.37. The molecule has 3 rings (SSSR count). The van der Waals surface area contributed by atoms with E-state index in [0.717, 1.165) is 11.1 Å². The summed E-state index contributed by atoms with van der Waals surface area (Å²) in [6, 6.07) is 25.8. The molecule has 0 aliphatic rings. The molecule has 0 heterocycles. The summed E-state index contributed by atoms with van der Waals surface area (Å²) in [5.41, 5.74) is 2.66. The highest BCUT2D eigenvalue weighted by atomic mass is 31.2. The van der Waals surface area contributed by atoms with Gasteiger partial charge in [-0.3, -0.25) is 9.13 Å². The van der Waals surface area contributed by atoms with E-state index < -0.39 is 26.8 Å². The van der Waals surface area contributed by atoms with Gasteiger partial charge in [-0.15, -0.1) is 0 Å². The summed E-state index contributed by atoms with van der Waals surface area (Å²) in [5.74, 6) is -1.59. The molecule has 0 aliphatic heterocycles. The lowest BCUT2D eigenvalue weighted by atomic mass is 10.2. The van der Waals surface area contributed by atoms with E-state index in [1.54, 1.807) is 0 Å². The van der Waals surface area contributed by atoms with Crippen molar-refractivity contribution < 1.29 is 27.2 Å². The first-order valence-electron chi connectivity index (χ1n) is 10.5. The maximum Gasteiger partial charge on any atom is 0.356 e. The molecule has 2 unspecified atom stereocenters. The van der Waals surface area contributed by atoms with Crippen LogP contribution in [-0.4, -0.2) is 28.4 Å². The third kappa shape index (κ3) is 5.78. The predicted octanol–water partition coefficient (Wildman–Crippen LogP) is 6.88. The Morgan fingerprint density at radius 1 is 0.529 bits per heavy atom. The lowest BCUT2D eigenvalue weighted by Crippen LogP contribution is -2.17. The van der Waals surface area contributed by atoms with Crippen molar-refractivity contribution in [2.24, 2.45) is 0 Å². The molecule has 3 aromatic carbocycles. The second-order valence-corrected chi connectivity index (χ2v) is 11.9. The summed E-state index contributed by atoms with van der Waals surface area (Å²) in [4.78, 5) is 0. The van der Waals surface area contributed by atoms with Gasteiger partial charge in [-0.25, -0.2) is 0 Å². The predicted molar refractivity (Wildman–Crippen MR) is 135 cm³/mol. The van der Waals surface area contributed by atoms with Gasteiger partial charge < -0.3 is 28.7 Å². The van der Waals surface area contributed by atoms with Gasteiger partial charge in [0.25, 0.3) is 0 Å². The standard InChI is InChI=1S/C24H30N2O6P2/c1-29-33(27,30-2)23(19-13-7-5-8-14-19)25-21-17-11-12-18-22(21)26-24(34(28,31-3)32-4)20-15-9-6-10-16-20/h5-18,23-26H,1-4H3. The molecule has 0 spiro atoms. The van der Waals surface area contributed by atoms with Gasteiger partial charge in [-0.05, 0) is 23.3 Å². The van der Waals surface area contributed by atoms with E-state index in [1.165, 1.54) is 28.4 Å². The highest BCUT2D eigenvalue weighted by Crippen LogP contribution is 2.61. The Kier molecular flexibility index (Phi) is 9.09. The quantitative estimate of drug-likeness (QED) is 0.258. The van der Waals surface area contributed by atoms with Crippen molar-refractivity contribution in [1.29, 1.82) is 0 Å². The van der Waals surface area contributed by atoms with Crippen LogP contribution in [0.1, 0.15) is 22.7 Å². The van der Waals surface area contributed by atoms with Gasteiger partial charge in [-0.1, -0.05) is 72.8 Å². The van der Waals surface area contributed by atoms with Gasteiger partial charge in [0.05, 0.1) is 11.4 Å². The van der Waals surface area contributed by atoms with Crippen LogP contribution in [0.5, 0.6) is 0 Å². The van der Waals surface area contributed by atoms with Gasteiger partial charge in [0, 0.05) is 28.4 Å². The second-order valence-electron chi connectivity index (χ2n) is 7.27. The van der Waals surface area contributed by atoms with Crippen molar-refractivity contribution >= 4 is 26.6 Å². The Morgan fingerprint density at radius 3 is 1.12 bits per heavy atom. The number of hydrogen-bond donors (Lipinski definition) is 2. The zero-order valence-electron chi connectivity index (χ0n) is 19.6. The van der Waals surface area contributed by atoms with E-state index >= 15 is 0 Å². The fraction of sp³-hybridized carbons (Fsp3) is 0.250. The van der Waals surface area contributed by atoms with Crippen molar-refractivity contribution in [3.05, 3.63) is 96.1 Å². The Labute approximate surface area is 200 Å². The van der Waals surface area contributed by atoms with Crippen LogP contribution in [0.15, 0.2) is 84.9 Å². The number of para-hydroxylation sites is 2. The number of hydrogen-bond acceptors (Lipinski definition) is 8. The summed E-state index contributed by atoms with van der Waals surface area (Å²) in [6.45, 7) is 0. The summed E-state index contributed by atoms with van der Waals surface area (Å²) in [5, 5.41) is 6.61. The zero-order valence-corrected chi connectivity index (χ0v) is 21.4. The van der Waals surface area contributed by atoms with E-state index in [4.69, 9.17) is 18.1 Å². The zero-order chi connectivity index (χ0) is 24.6. The minimum atomic E-state index is -3.58. The second kappa shape index (κ2) is 11.8. The average molecular weight is 504 g/mol. The molecule has 3 aromatic rings. The lowest BCUT2D eigenvalue weighted by Gasteiger charge is -2.30. The van der Waals surface area contributed by atoms with E-state index in [0.29, 0.717) is 11.4 Å². The monoisotopic (exact) mass is 504 g/mol. The van der Waals surface area contributed by atoms with Crippen LogP contribution in [0.3, 0.4) is 0 Å². The lowest BCUT2D eigenvalue weighted by molar-refractivity contribution is 0.267. The fourth-order valence-electron chi connectivity index (χ4n) is 3.56. The van der Waals surface area contributed by atoms with Crippen molar-refractivity contribution in [1.82, 2.24) is 0 Å². The van der Waals surface area contributed by atoms with Crippen molar-refractivity contribution in [3.63, 3.8) is 0 Å². The highest BCUT2D eigenvalue weighted by Gasteiger charge is 2.38. The molecule has 2 atom stereocenters. The summed E-state index contributed by atoms with van der Waals surface area (Å²) >= 11 is 0. The maximum atomic E-state index is 13.5. The molecular weight excluding hydrogens is 474 g/mol. The Bertz CT molecular complexity index is 1040. The van der Waals surface area contributed by atoms with Gasteiger partial charge in [0.15, 0.2) is 11.6 Å². The third-order valence-electron chi connectivity index (χ3n) is 5.39. The number of nitrogens with one attached hydrogen (secondary N) is 2.